The van der Waals surface area contributed by atoms with E-state index in [1.54, 1.807) is 0 Å². The molecule has 1 aromatic carbocycles. The van der Waals surface area contributed by atoms with E-state index in [9.17, 15) is 4.79 Å². The molecule has 138 valence electrons. The average Bonchev–Trinajstić information content (AvgIpc) is 3.29. The number of carbonyl (C=O) groups is 1. The molecule has 1 fully saturated rings. The van der Waals surface area contributed by atoms with E-state index in [4.69, 9.17) is 13.9 Å². The molecule has 0 saturated carbocycles. The molecule has 2 aliphatic heterocycles. The summed E-state index contributed by atoms with van der Waals surface area (Å²) in [6.45, 7) is 5.47. The van der Waals surface area contributed by atoms with Crippen molar-refractivity contribution in [3.8, 4) is 5.75 Å². The Bertz CT molecular complexity index is 742. The van der Waals surface area contributed by atoms with E-state index in [0.717, 1.165) is 35.9 Å². The number of rotatable bonds is 5. The Labute approximate surface area is 153 Å². The van der Waals surface area contributed by atoms with Crippen molar-refractivity contribution in [1.82, 2.24) is 10.2 Å². The molecule has 1 aromatic heterocycles. The first-order valence-electron chi connectivity index (χ1n) is 9.11. The van der Waals surface area contributed by atoms with Crippen molar-refractivity contribution in [3.63, 3.8) is 0 Å². The SMILES string of the molecule is Cc1ccc(C(CNC(=O)C2Cc3ccccc3O2)N2CCOCC2)o1. The van der Waals surface area contributed by atoms with Gasteiger partial charge < -0.3 is 19.2 Å². The Hall–Kier alpha value is -2.31. The maximum absolute atomic E-state index is 12.6. The molecule has 0 aliphatic carbocycles. The number of hydrogen-bond donors (Lipinski definition) is 1. The first-order chi connectivity index (χ1) is 12.7. The van der Waals surface area contributed by atoms with Gasteiger partial charge in [-0.25, -0.2) is 0 Å². The second kappa shape index (κ2) is 7.51. The standard InChI is InChI=1S/C20H24N2O4/c1-14-6-7-18(25-14)16(22-8-10-24-11-9-22)13-21-20(23)19-12-15-4-2-3-5-17(15)26-19/h2-7,16,19H,8-13H2,1H3,(H,21,23). The number of aryl methyl sites for hydroxylation is 1. The Morgan fingerprint density at radius 3 is 2.77 bits per heavy atom. The van der Waals surface area contributed by atoms with Gasteiger partial charge in [-0.05, 0) is 30.7 Å². The second-order valence-electron chi connectivity index (χ2n) is 6.78. The van der Waals surface area contributed by atoms with Crippen molar-refractivity contribution in [2.24, 2.45) is 0 Å². The predicted molar refractivity (Wildman–Crippen MR) is 96.1 cm³/mol. The molecule has 2 aliphatic rings. The summed E-state index contributed by atoms with van der Waals surface area (Å²) >= 11 is 0. The van der Waals surface area contributed by atoms with Gasteiger partial charge in [-0.15, -0.1) is 0 Å². The van der Waals surface area contributed by atoms with Crippen molar-refractivity contribution >= 4 is 5.91 Å². The van der Waals surface area contributed by atoms with Crippen LogP contribution in [0.4, 0.5) is 0 Å². The van der Waals surface area contributed by atoms with Crippen molar-refractivity contribution in [2.75, 3.05) is 32.8 Å². The number of nitrogens with one attached hydrogen (secondary N) is 1. The summed E-state index contributed by atoms with van der Waals surface area (Å²) in [5.74, 6) is 2.47. The topological polar surface area (TPSA) is 63.9 Å². The molecule has 0 radical (unpaired) electrons. The lowest BCUT2D eigenvalue weighted by Gasteiger charge is -2.33. The van der Waals surface area contributed by atoms with Crippen LogP contribution in [0.15, 0.2) is 40.8 Å². The lowest BCUT2D eigenvalue weighted by atomic mass is 10.1. The van der Waals surface area contributed by atoms with E-state index in [1.165, 1.54) is 0 Å². The zero-order valence-corrected chi connectivity index (χ0v) is 14.9. The van der Waals surface area contributed by atoms with E-state index in [0.29, 0.717) is 26.2 Å². The van der Waals surface area contributed by atoms with Crippen LogP contribution in [0.5, 0.6) is 5.75 Å². The molecule has 26 heavy (non-hydrogen) atoms. The number of carbonyl (C=O) groups excluding carboxylic acids is 1. The van der Waals surface area contributed by atoms with Crippen LogP contribution in [0, 0.1) is 6.92 Å². The molecule has 0 bridgehead atoms. The first kappa shape index (κ1) is 17.1. The summed E-state index contributed by atoms with van der Waals surface area (Å²) in [6, 6.07) is 11.8. The third kappa shape index (κ3) is 3.61. The van der Waals surface area contributed by atoms with Crippen molar-refractivity contribution < 1.29 is 18.7 Å². The molecular formula is C20H24N2O4. The van der Waals surface area contributed by atoms with Gasteiger partial charge in [0.15, 0.2) is 6.10 Å². The summed E-state index contributed by atoms with van der Waals surface area (Å²) < 4.78 is 17.1. The summed E-state index contributed by atoms with van der Waals surface area (Å²) in [4.78, 5) is 14.9. The Morgan fingerprint density at radius 1 is 1.23 bits per heavy atom. The highest BCUT2D eigenvalue weighted by molar-refractivity contribution is 5.82. The number of nitrogens with zero attached hydrogens (tertiary/aromatic N) is 1. The Balaban J connectivity index is 1.41. The van der Waals surface area contributed by atoms with Crippen LogP contribution in [-0.4, -0.2) is 49.8 Å². The largest absolute Gasteiger partial charge is 0.480 e. The minimum Gasteiger partial charge on any atom is -0.480 e. The third-order valence-corrected chi connectivity index (χ3v) is 4.99. The van der Waals surface area contributed by atoms with E-state index < -0.39 is 6.10 Å². The van der Waals surface area contributed by atoms with Crippen LogP contribution >= 0.6 is 0 Å². The highest BCUT2D eigenvalue weighted by atomic mass is 16.5. The maximum Gasteiger partial charge on any atom is 0.261 e. The zero-order chi connectivity index (χ0) is 17.9. The second-order valence-corrected chi connectivity index (χ2v) is 6.78. The van der Waals surface area contributed by atoms with E-state index >= 15 is 0 Å². The number of furan rings is 1. The molecule has 0 spiro atoms. The monoisotopic (exact) mass is 356 g/mol. The van der Waals surface area contributed by atoms with Gasteiger partial charge in [-0.1, -0.05) is 18.2 Å². The fourth-order valence-electron chi connectivity index (χ4n) is 3.57. The van der Waals surface area contributed by atoms with Gasteiger partial charge in [0.05, 0.1) is 19.3 Å². The van der Waals surface area contributed by atoms with E-state index in [-0.39, 0.29) is 11.9 Å². The molecule has 2 aromatic rings. The lowest BCUT2D eigenvalue weighted by molar-refractivity contribution is -0.127. The molecule has 3 heterocycles. The number of morpholine rings is 1. The zero-order valence-electron chi connectivity index (χ0n) is 14.9. The van der Waals surface area contributed by atoms with Gasteiger partial charge in [0.2, 0.25) is 0 Å². The van der Waals surface area contributed by atoms with Gasteiger partial charge in [0.1, 0.15) is 17.3 Å². The number of benzene rings is 1. The Kier molecular flexibility index (Phi) is 4.95. The van der Waals surface area contributed by atoms with Gasteiger partial charge >= 0.3 is 0 Å². The summed E-state index contributed by atoms with van der Waals surface area (Å²) in [7, 11) is 0. The van der Waals surface area contributed by atoms with Crippen molar-refractivity contribution in [1.29, 1.82) is 0 Å². The molecule has 1 amide bonds. The van der Waals surface area contributed by atoms with Crippen LogP contribution in [0.3, 0.4) is 0 Å². The fraction of sp³-hybridized carbons (Fsp3) is 0.450. The molecule has 1 saturated heterocycles. The predicted octanol–water partition coefficient (Wildman–Crippen LogP) is 2.08. The van der Waals surface area contributed by atoms with Gasteiger partial charge in [0, 0.05) is 26.1 Å². The number of fused-ring (bicyclic) bond motifs is 1. The summed E-state index contributed by atoms with van der Waals surface area (Å²) in [5, 5.41) is 3.06. The number of ether oxygens (including phenoxy) is 2. The molecule has 4 rings (SSSR count). The minimum atomic E-state index is -0.462. The normalized spacial score (nSPS) is 21.0. The van der Waals surface area contributed by atoms with Crippen LogP contribution < -0.4 is 10.1 Å². The maximum atomic E-state index is 12.6. The highest BCUT2D eigenvalue weighted by Crippen LogP contribution is 2.28. The number of amides is 1. The third-order valence-electron chi connectivity index (χ3n) is 4.99. The Morgan fingerprint density at radius 2 is 2.04 bits per heavy atom. The molecule has 2 atom stereocenters. The molecule has 2 unspecified atom stereocenters. The summed E-state index contributed by atoms with van der Waals surface area (Å²) in [6.07, 6.45) is 0.153. The number of para-hydroxylation sites is 1. The minimum absolute atomic E-state index is 0.000304. The lowest BCUT2D eigenvalue weighted by Crippen LogP contribution is -2.46. The van der Waals surface area contributed by atoms with E-state index in [1.807, 2.05) is 43.3 Å². The number of hydrogen-bond acceptors (Lipinski definition) is 5. The fourth-order valence-corrected chi connectivity index (χ4v) is 3.57. The van der Waals surface area contributed by atoms with Crippen LogP contribution in [0.2, 0.25) is 0 Å². The molecule has 6 heteroatoms. The van der Waals surface area contributed by atoms with Crippen LogP contribution in [0.25, 0.3) is 0 Å². The van der Waals surface area contributed by atoms with Gasteiger partial charge in [0.25, 0.3) is 5.91 Å². The molecule has 1 N–H and O–H groups in total. The van der Waals surface area contributed by atoms with Crippen molar-refractivity contribution in [2.45, 2.75) is 25.5 Å². The van der Waals surface area contributed by atoms with Crippen LogP contribution in [-0.2, 0) is 16.0 Å². The smallest absolute Gasteiger partial charge is 0.261 e. The van der Waals surface area contributed by atoms with Crippen molar-refractivity contribution in [3.05, 3.63) is 53.5 Å². The van der Waals surface area contributed by atoms with E-state index in [2.05, 4.69) is 10.2 Å². The average molecular weight is 356 g/mol. The first-order valence-corrected chi connectivity index (χ1v) is 9.11. The van der Waals surface area contributed by atoms with Gasteiger partial charge in [-0.2, -0.15) is 0 Å². The van der Waals surface area contributed by atoms with Crippen LogP contribution in [0.1, 0.15) is 23.1 Å². The molecule has 6 nitrogen and oxygen atoms in total. The quantitative estimate of drug-likeness (QED) is 0.889. The summed E-state index contributed by atoms with van der Waals surface area (Å²) in [5.41, 5.74) is 1.08. The molecular weight excluding hydrogens is 332 g/mol. The highest BCUT2D eigenvalue weighted by Gasteiger charge is 2.31. The van der Waals surface area contributed by atoms with Gasteiger partial charge in [-0.3, -0.25) is 9.69 Å².